The molecule has 0 aliphatic carbocycles. The molecule has 1 atom stereocenters. The van der Waals surface area contributed by atoms with Crippen LogP contribution in [0.4, 0.5) is 0 Å². The summed E-state index contributed by atoms with van der Waals surface area (Å²) in [5.41, 5.74) is 6.88. The third-order valence-corrected chi connectivity index (χ3v) is 4.31. The van der Waals surface area contributed by atoms with Crippen LogP contribution in [-0.4, -0.2) is 11.5 Å². The number of hydrogen-bond donors (Lipinski definition) is 1. The summed E-state index contributed by atoms with van der Waals surface area (Å²) >= 11 is 5.24. The first-order chi connectivity index (χ1) is 7.74. The normalized spacial score (nSPS) is 13.2. The van der Waals surface area contributed by atoms with Gasteiger partial charge in [-0.05, 0) is 24.6 Å². The van der Waals surface area contributed by atoms with Gasteiger partial charge < -0.3 is 5.73 Å². The number of thiazole rings is 1. The van der Waals surface area contributed by atoms with Crippen molar-refractivity contribution in [1.29, 1.82) is 0 Å². The third kappa shape index (κ3) is 2.44. The van der Waals surface area contributed by atoms with Crippen LogP contribution < -0.4 is 5.73 Å². The Morgan fingerprint density at radius 3 is 3.00 bits per heavy atom. The summed E-state index contributed by atoms with van der Waals surface area (Å²) in [4.78, 5) is 4.66. The van der Waals surface area contributed by atoms with E-state index in [2.05, 4.69) is 40.0 Å². The lowest BCUT2D eigenvalue weighted by Crippen LogP contribution is -2.11. The zero-order valence-electron chi connectivity index (χ0n) is 9.24. The van der Waals surface area contributed by atoms with Gasteiger partial charge in [0.1, 0.15) is 0 Å². The second-order valence-corrected chi connectivity index (χ2v) is 5.86. The molecule has 86 valence electrons. The van der Waals surface area contributed by atoms with E-state index in [0.717, 1.165) is 22.8 Å². The minimum Gasteiger partial charge on any atom is -0.330 e. The van der Waals surface area contributed by atoms with Crippen molar-refractivity contribution in [3.63, 3.8) is 0 Å². The monoisotopic (exact) mass is 298 g/mol. The molecule has 1 aromatic carbocycles. The second-order valence-electron chi connectivity index (χ2n) is 3.89. The van der Waals surface area contributed by atoms with E-state index < -0.39 is 0 Å². The average Bonchev–Trinajstić information content (AvgIpc) is 2.68. The van der Waals surface area contributed by atoms with Crippen LogP contribution in [0.1, 0.15) is 30.7 Å². The minimum atomic E-state index is 0.418. The molecule has 0 spiro atoms. The van der Waals surface area contributed by atoms with E-state index in [1.54, 1.807) is 11.3 Å². The van der Waals surface area contributed by atoms with E-state index in [0.29, 0.717) is 12.5 Å². The van der Waals surface area contributed by atoms with E-state index in [4.69, 9.17) is 5.73 Å². The largest absolute Gasteiger partial charge is 0.330 e. The van der Waals surface area contributed by atoms with Crippen molar-refractivity contribution in [3.8, 4) is 0 Å². The lowest BCUT2D eigenvalue weighted by molar-refractivity contribution is 0.620. The fourth-order valence-corrected chi connectivity index (χ4v) is 3.45. The lowest BCUT2D eigenvalue weighted by Gasteiger charge is -2.08. The Morgan fingerprint density at radius 2 is 2.31 bits per heavy atom. The Morgan fingerprint density at radius 1 is 1.50 bits per heavy atom. The molecule has 2 aromatic rings. The molecule has 16 heavy (non-hydrogen) atoms. The summed E-state index contributed by atoms with van der Waals surface area (Å²) in [6.45, 7) is 2.88. The summed E-state index contributed by atoms with van der Waals surface area (Å²) in [7, 11) is 0. The van der Waals surface area contributed by atoms with Crippen LogP contribution >= 0.6 is 27.3 Å². The first-order valence-corrected chi connectivity index (χ1v) is 7.11. The zero-order chi connectivity index (χ0) is 11.5. The molecule has 1 heterocycles. The van der Waals surface area contributed by atoms with E-state index in [1.807, 2.05) is 6.07 Å². The Bertz CT molecular complexity index is 481. The van der Waals surface area contributed by atoms with Gasteiger partial charge in [0.2, 0.25) is 0 Å². The predicted molar refractivity (Wildman–Crippen MR) is 74.0 cm³/mol. The number of nitrogens with zero attached hydrogens (tertiary/aromatic N) is 1. The Hall–Kier alpha value is -0.450. The molecule has 0 saturated carbocycles. The second kappa shape index (κ2) is 5.25. The Kier molecular flexibility index (Phi) is 3.95. The number of fused-ring (bicyclic) bond motifs is 1. The van der Waals surface area contributed by atoms with Crippen LogP contribution in [0.5, 0.6) is 0 Å². The molecule has 2 N–H and O–H groups in total. The highest BCUT2D eigenvalue weighted by atomic mass is 79.9. The van der Waals surface area contributed by atoms with Crippen molar-refractivity contribution in [1.82, 2.24) is 4.98 Å². The number of rotatable bonds is 4. The molecule has 2 rings (SSSR count). The quantitative estimate of drug-likeness (QED) is 0.930. The third-order valence-electron chi connectivity index (χ3n) is 2.64. The van der Waals surface area contributed by atoms with Crippen molar-refractivity contribution in [3.05, 3.63) is 27.7 Å². The van der Waals surface area contributed by atoms with Gasteiger partial charge in [0.25, 0.3) is 0 Å². The Labute approximate surface area is 108 Å². The van der Waals surface area contributed by atoms with E-state index in [-0.39, 0.29) is 0 Å². The predicted octanol–water partition coefficient (Wildman–Crippen LogP) is 3.90. The van der Waals surface area contributed by atoms with Crippen molar-refractivity contribution < 1.29 is 0 Å². The molecule has 0 aliphatic rings. The number of halogens is 1. The number of benzene rings is 1. The Balaban J connectivity index is 2.37. The lowest BCUT2D eigenvalue weighted by atomic mass is 10.1. The van der Waals surface area contributed by atoms with Crippen LogP contribution in [-0.2, 0) is 0 Å². The molecule has 0 fully saturated rings. The van der Waals surface area contributed by atoms with E-state index in [1.165, 1.54) is 9.71 Å². The first kappa shape index (κ1) is 12.0. The van der Waals surface area contributed by atoms with Gasteiger partial charge in [-0.3, -0.25) is 0 Å². The molecule has 1 aromatic heterocycles. The summed E-state index contributed by atoms with van der Waals surface area (Å²) in [6.07, 6.45) is 2.28. The fourth-order valence-electron chi connectivity index (χ4n) is 1.78. The number of aromatic nitrogens is 1. The fraction of sp³-hybridized carbons (Fsp3) is 0.417. The van der Waals surface area contributed by atoms with Crippen molar-refractivity contribution >= 4 is 37.5 Å². The summed E-state index contributed by atoms with van der Waals surface area (Å²) in [5.74, 6) is 0.418. The van der Waals surface area contributed by atoms with Crippen LogP contribution in [0.25, 0.3) is 10.2 Å². The topological polar surface area (TPSA) is 38.9 Å². The SMILES string of the molecule is CCCC(CN)c1nc2ccc(Br)cc2s1. The van der Waals surface area contributed by atoms with E-state index >= 15 is 0 Å². The smallest absolute Gasteiger partial charge is 0.0982 e. The first-order valence-electron chi connectivity index (χ1n) is 5.50. The highest BCUT2D eigenvalue weighted by molar-refractivity contribution is 9.10. The van der Waals surface area contributed by atoms with Gasteiger partial charge in [-0.25, -0.2) is 4.98 Å². The standard InChI is InChI=1S/C12H15BrN2S/c1-2-3-8(7-14)12-15-10-5-4-9(13)6-11(10)16-12/h4-6,8H,2-3,7,14H2,1H3. The highest BCUT2D eigenvalue weighted by Crippen LogP contribution is 2.31. The molecule has 4 heteroatoms. The highest BCUT2D eigenvalue weighted by Gasteiger charge is 2.13. The molecule has 0 amide bonds. The van der Waals surface area contributed by atoms with Crippen molar-refractivity contribution in [2.45, 2.75) is 25.7 Å². The van der Waals surface area contributed by atoms with Crippen molar-refractivity contribution in [2.75, 3.05) is 6.54 Å². The van der Waals surface area contributed by atoms with Gasteiger partial charge in [-0.15, -0.1) is 11.3 Å². The minimum absolute atomic E-state index is 0.418. The van der Waals surface area contributed by atoms with Crippen LogP contribution in [0.3, 0.4) is 0 Å². The summed E-state index contributed by atoms with van der Waals surface area (Å²) in [5, 5.41) is 1.18. The molecule has 0 radical (unpaired) electrons. The van der Waals surface area contributed by atoms with Gasteiger partial charge in [0.15, 0.2) is 0 Å². The maximum Gasteiger partial charge on any atom is 0.0982 e. The molecule has 1 unspecified atom stereocenters. The molecular formula is C12H15BrN2S. The summed E-state index contributed by atoms with van der Waals surface area (Å²) < 4.78 is 2.34. The molecule has 0 saturated heterocycles. The average molecular weight is 299 g/mol. The number of hydrogen-bond acceptors (Lipinski definition) is 3. The zero-order valence-corrected chi connectivity index (χ0v) is 11.6. The van der Waals surface area contributed by atoms with Gasteiger partial charge in [-0.1, -0.05) is 29.3 Å². The van der Waals surface area contributed by atoms with Crippen LogP contribution in [0.2, 0.25) is 0 Å². The maximum absolute atomic E-state index is 5.80. The van der Waals surface area contributed by atoms with Crippen molar-refractivity contribution in [2.24, 2.45) is 5.73 Å². The summed E-state index contributed by atoms with van der Waals surface area (Å²) in [6, 6.07) is 6.21. The van der Waals surface area contributed by atoms with Gasteiger partial charge >= 0.3 is 0 Å². The van der Waals surface area contributed by atoms with Crippen LogP contribution in [0, 0.1) is 0 Å². The van der Waals surface area contributed by atoms with Gasteiger partial charge in [0.05, 0.1) is 15.2 Å². The molecule has 0 aliphatic heterocycles. The molecule has 0 bridgehead atoms. The van der Waals surface area contributed by atoms with Gasteiger partial charge in [-0.2, -0.15) is 0 Å². The molecule has 2 nitrogen and oxygen atoms in total. The van der Waals surface area contributed by atoms with E-state index in [9.17, 15) is 0 Å². The molecular weight excluding hydrogens is 284 g/mol. The maximum atomic E-state index is 5.80. The van der Waals surface area contributed by atoms with Crippen LogP contribution in [0.15, 0.2) is 22.7 Å². The number of nitrogens with two attached hydrogens (primary N) is 1. The van der Waals surface area contributed by atoms with Gasteiger partial charge in [0, 0.05) is 16.9 Å².